The molecule has 0 atom stereocenters. The van der Waals surface area contributed by atoms with Crippen LogP contribution in [0.5, 0.6) is 0 Å². The second-order valence-electron chi connectivity index (χ2n) is 5.22. The molecule has 0 aliphatic rings. The van der Waals surface area contributed by atoms with E-state index in [4.69, 9.17) is 20.8 Å². The summed E-state index contributed by atoms with van der Waals surface area (Å²) in [6, 6.07) is 13.2. The van der Waals surface area contributed by atoms with Crippen molar-refractivity contribution in [3.8, 4) is 0 Å². The normalized spacial score (nSPS) is 10.8. The van der Waals surface area contributed by atoms with Gasteiger partial charge in [-0.1, -0.05) is 35.9 Å². The lowest BCUT2D eigenvalue weighted by Gasteiger charge is -2.04. The number of halogens is 1. The highest BCUT2D eigenvalue weighted by molar-refractivity contribution is 6.30. The summed E-state index contributed by atoms with van der Waals surface area (Å²) in [7, 11) is 0. The standard InChI is InChI=1S/C18H15ClO3/c1-12-2-7-16-14(11-21-17(16)8-12)9-18(20)22-10-13-3-5-15(19)6-4-13/h2-8,11H,9-10H2,1H3. The lowest BCUT2D eigenvalue weighted by Crippen LogP contribution is -2.07. The predicted octanol–water partition coefficient (Wildman–Crippen LogP) is 4.68. The van der Waals surface area contributed by atoms with E-state index in [2.05, 4.69) is 0 Å². The van der Waals surface area contributed by atoms with E-state index < -0.39 is 0 Å². The molecule has 0 unspecified atom stereocenters. The fourth-order valence-electron chi connectivity index (χ4n) is 2.28. The minimum Gasteiger partial charge on any atom is -0.464 e. The van der Waals surface area contributed by atoms with E-state index >= 15 is 0 Å². The fraction of sp³-hybridized carbons (Fsp3) is 0.167. The summed E-state index contributed by atoms with van der Waals surface area (Å²) in [5.74, 6) is -0.279. The highest BCUT2D eigenvalue weighted by atomic mass is 35.5. The number of furan rings is 1. The van der Waals surface area contributed by atoms with Gasteiger partial charge in [0.1, 0.15) is 12.2 Å². The van der Waals surface area contributed by atoms with E-state index in [0.717, 1.165) is 27.7 Å². The Hall–Kier alpha value is -2.26. The predicted molar refractivity (Wildman–Crippen MR) is 85.9 cm³/mol. The lowest BCUT2D eigenvalue weighted by atomic mass is 10.1. The van der Waals surface area contributed by atoms with Crippen LogP contribution in [0.25, 0.3) is 11.0 Å². The largest absolute Gasteiger partial charge is 0.464 e. The third-order valence-electron chi connectivity index (χ3n) is 3.46. The van der Waals surface area contributed by atoms with Crippen LogP contribution in [0.2, 0.25) is 5.02 Å². The molecule has 0 aliphatic carbocycles. The molecule has 4 heteroatoms. The topological polar surface area (TPSA) is 39.4 Å². The molecule has 22 heavy (non-hydrogen) atoms. The minimum atomic E-state index is -0.279. The molecule has 3 nitrogen and oxygen atoms in total. The molecular weight excluding hydrogens is 300 g/mol. The molecule has 1 heterocycles. The highest BCUT2D eigenvalue weighted by Crippen LogP contribution is 2.23. The van der Waals surface area contributed by atoms with Gasteiger partial charge in [0, 0.05) is 16.0 Å². The number of carbonyl (C=O) groups is 1. The number of benzene rings is 2. The quantitative estimate of drug-likeness (QED) is 0.656. The molecule has 0 fully saturated rings. The van der Waals surface area contributed by atoms with Crippen LogP contribution in [0.15, 0.2) is 53.1 Å². The first-order chi connectivity index (χ1) is 10.6. The molecule has 3 aromatic rings. The van der Waals surface area contributed by atoms with E-state index in [0.29, 0.717) is 5.02 Å². The number of fused-ring (bicyclic) bond motifs is 1. The Morgan fingerprint density at radius 3 is 2.73 bits per heavy atom. The van der Waals surface area contributed by atoms with Crippen molar-refractivity contribution in [1.29, 1.82) is 0 Å². The molecule has 0 radical (unpaired) electrons. The van der Waals surface area contributed by atoms with Crippen molar-refractivity contribution in [1.82, 2.24) is 0 Å². The number of esters is 1. The van der Waals surface area contributed by atoms with Crippen molar-refractivity contribution in [2.75, 3.05) is 0 Å². The van der Waals surface area contributed by atoms with E-state index in [9.17, 15) is 4.79 Å². The van der Waals surface area contributed by atoms with Crippen LogP contribution in [0.1, 0.15) is 16.7 Å². The molecule has 0 N–H and O–H groups in total. The molecule has 2 aromatic carbocycles. The monoisotopic (exact) mass is 314 g/mol. The van der Waals surface area contributed by atoms with Crippen molar-refractivity contribution in [3.63, 3.8) is 0 Å². The summed E-state index contributed by atoms with van der Waals surface area (Å²) in [5.41, 5.74) is 3.67. The van der Waals surface area contributed by atoms with Crippen LogP contribution in [0, 0.1) is 6.92 Å². The second kappa shape index (κ2) is 6.24. The van der Waals surface area contributed by atoms with Gasteiger partial charge >= 0.3 is 5.97 Å². The van der Waals surface area contributed by atoms with Gasteiger partial charge in [-0.2, -0.15) is 0 Å². The minimum absolute atomic E-state index is 0.198. The van der Waals surface area contributed by atoms with Gasteiger partial charge in [-0.05, 0) is 36.2 Å². The Morgan fingerprint density at radius 2 is 1.95 bits per heavy atom. The van der Waals surface area contributed by atoms with Crippen LogP contribution in [0.4, 0.5) is 0 Å². The second-order valence-corrected chi connectivity index (χ2v) is 5.66. The molecule has 3 rings (SSSR count). The summed E-state index contributed by atoms with van der Waals surface area (Å²) in [6.45, 7) is 2.24. The van der Waals surface area contributed by atoms with E-state index in [-0.39, 0.29) is 19.0 Å². The zero-order valence-corrected chi connectivity index (χ0v) is 12.9. The number of rotatable bonds is 4. The summed E-state index contributed by atoms with van der Waals surface area (Å²) in [5, 5.41) is 1.62. The smallest absolute Gasteiger partial charge is 0.310 e. The van der Waals surface area contributed by atoms with Crippen LogP contribution in [-0.2, 0) is 22.6 Å². The molecule has 0 saturated heterocycles. The SMILES string of the molecule is Cc1ccc2c(CC(=O)OCc3ccc(Cl)cc3)coc2c1. The van der Waals surface area contributed by atoms with Crippen molar-refractivity contribution < 1.29 is 13.9 Å². The Bertz CT molecular complexity index is 803. The van der Waals surface area contributed by atoms with Crippen LogP contribution in [0.3, 0.4) is 0 Å². The van der Waals surface area contributed by atoms with Gasteiger partial charge in [-0.3, -0.25) is 4.79 Å². The molecule has 0 spiro atoms. The van der Waals surface area contributed by atoms with Gasteiger partial charge in [0.15, 0.2) is 0 Å². The Kier molecular flexibility index (Phi) is 4.16. The van der Waals surface area contributed by atoms with E-state index in [1.807, 2.05) is 37.3 Å². The van der Waals surface area contributed by atoms with E-state index in [1.165, 1.54) is 0 Å². The van der Waals surface area contributed by atoms with Crippen LogP contribution in [-0.4, -0.2) is 5.97 Å². The average Bonchev–Trinajstić information content (AvgIpc) is 2.89. The summed E-state index contributed by atoms with van der Waals surface area (Å²) >= 11 is 5.82. The average molecular weight is 315 g/mol. The first kappa shape index (κ1) is 14.7. The third-order valence-corrected chi connectivity index (χ3v) is 3.71. The van der Waals surface area contributed by atoms with Gasteiger partial charge < -0.3 is 9.15 Å². The first-order valence-corrected chi connectivity index (χ1v) is 7.36. The lowest BCUT2D eigenvalue weighted by molar-refractivity contribution is -0.144. The van der Waals surface area contributed by atoms with Gasteiger partial charge in [-0.15, -0.1) is 0 Å². The fourth-order valence-corrected chi connectivity index (χ4v) is 2.40. The molecule has 0 aliphatic heterocycles. The summed E-state index contributed by atoms with van der Waals surface area (Å²) in [6.07, 6.45) is 1.82. The van der Waals surface area contributed by atoms with Crippen molar-refractivity contribution in [3.05, 3.63) is 70.4 Å². The molecule has 0 bridgehead atoms. The third kappa shape index (κ3) is 3.31. The van der Waals surface area contributed by atoms with E-state index in [1.54, 1.807) is 18.4 Å². The molecule has 0 amide bonds. The molecular formula is C18H15ClO3. The maximum Gasteiger partial charge on any atom is 0.310 e. The van der Waals surface area contributed by atoms with Crippen molar-refractivity contribution in [2.45, 2.75) is 20.0 Å². The van der Waals surface area contributed by atoms with Gasteiger partial charge in [0.2, 0.25) is 0 Å². The highest BCUT2D eigenvalue weighted by Gasteiger charge is 2.11. The van der Waals surface area contributed by atoms with Crippen molar-refractivity contribution >= 4 is 28.5 Å². The Balaban J connectivity index is 1.64. The zero-order chi connectivity index (χ0) is 15.5. The van der Waals surface area contributed by atoms with Gasteiger partial charge in [0.25, 0.3) is 0 Å². The van der Waals surface area contributed by atoms with Gasteiger partial charge in [-0.25, -0.2) is 0 Å². The number of ether oxygens (including phenoxy) is 1. The van der Waals surface area contributed by atoms with Crippen LogP contribution < -0.4 is 0 Å². The van der Waals surface area contributed by atoms with Gasteiger partial charge in [0.05, 0.1) is 12.7 Å². The molecule has 112 valence electrons. The van der Waals surface area contributed by atoms with Crippen molar-refractivity contribution in [2.24, 2.45) is 0 Å². The number of aryl methyl sites for hydroxylation is 1. The van der Waals surface area contributed by atoms with Crippen LogP contribution >= 0.6 is 11.6 Å². The first-order valence-electron chi connectivity index (χ1n) is 6.98. The zero-order valence-electron chi connectivity index (χ0n) is 12.1. The molecule has 1 aromatic heterocycles. The Labute approximate surface area is 133 Å². The number of hydrogen-bond acceptors (Lipinski definition) is 3. The Morgan fingerprint density at radius 1 is 1.18 bits per heavy atom. The molecule has 0 saturated carbocycles. The maximum atomic E-state index is 12.0. The summed E-state index contributed by atoms with van der Waals surface area (Å²) in [4.78, 5) is 12.0. The summed E-state index contributed by atoms with van der Waals surface area (Å²) < 4.78 is 10.8. The maximum absolute atomic E-state index is 12.0. The number of hydrogen-bond donors (Lipinski definition) is 0. The number of carbonyl (C=O) groups excluding carboxylic acids is 1.